The van der Waals surface area contributed by atoms with Gasteiger partial charge in [-0.2, -0.15) is 0 Å². The number of amides is 1. The van der Waals surface area contributed by atoms with Crippen molar-refractivity contribution in [2.45, 2.75) is 117 Å². The average Bonchev–Trinajstić information content (AvgIpc) is 3.10. The molecule has 1 fully saturated rings. The van der Waals surface area contributed by atoms with E-state index < -0.39 is 122 Å². The van der Waals surface area contributed by atoms with Crippen LogP contribution in [0.4, 0.5) is 0 Å². The molecule has 0 aromatic heterocycles. The SMILES string of the molecule is C=Cc1ccc(CNC(=O)[C@H](OC(C)=O)[C@@H](OC(C)=O)[C@H](O[C@@H]2O[C@H](COC(C)=O)[C@H](OC(C)=O)[C@H](OC(C)=O)[C@H]2OC(C)=O)[C@@H](COC(C)=O)OC(C)=O)cc1. The lowest BCUT2D eigenvalue weighted by atomic mass is 9.97. The van der Waals surface area contributed by atoms with E-state index in [1.54, 1.807) is 30.3 Å². The van der Waals surface area contributed by atoms with Crippen LogP contribution < -0.4 is 5.32 Å². The Morgan fingerprint density at radius 2 is 1.18 bits per heavy atom. The van der Waals surface area contributed by atoms with E-state index in [1.807, 2.05) is 0 Å². The van der Waals surface area contributed by atoms with Crippen molar-refractivity contribution in [2.75, 3.05) is 13.2 Å². The number of benzene rings is 1. The second-order valence-corrected chi connectivity index (χ2v) is 12.4. The van der Waals surface area contributed by atoms with Gasteiger partial charge in [0.05, 0.1) is 0 Å². The maximum atomic E-state index is 13.9. The molecule has 20 nitrogen and oxygen atoms in total. The summed E-state index contributed by atoms with van der Waals surface area (Å²) >= 11 is 0. The van der Waals surface area contributed by atoms with Gasteiger partial charge in [0.2, 0.25) is 6.10 Å². The Bertz CT molecular complexity index is 1640. The first-order chi connectivity index (χ1) is 26.7. The fourth-order valence-corrected chi connectivity index (χ4v) is 5.44. The van der Waals surface area contributed by atoms with E-state index in [1.165, 1.54) is 0 Å². The molecule has 1 aromatic carbocycles. The molecular formula is C37H47NO19. The second-order valence-electron chi connectivity index (χ2n) is 12.4. The van der Waals surface area contributed by atoms with Gasteiger partial charge >= 0.3 is 47.8 Å². The number of nitrogens with one attached hydrogen (secondary N) is 1. The van der Waals surface area contributed by atoms with E-state index in [0.717, 1.165) is 61.0 Å². The number of ether oxygens (including phenoxy) is 10. The van der Waals surface area contributed by atoms with Crippen LogP contribution in [0.25, 0.3) is 6.08 Å². The summed E-state index contributed by atoms with van der Waals surface area (Å²) in [5.41, 5.74) is 1.36. The minimum absolute atomic E-state index is 0.146. The molecule has 1 aromatic rings. The van der Waals surface area contributed by atoms with Gasteiger partial charge in [-0.15, -0.1) is 0 Å². The highest BCUT2D eigenvalue weighted by Crippen LogP contribution is 2.33. The van der Waals surface area contributed by atoms with Gasteiger partial charge in [-0.1, -0.05) is 36.9 Å². The first kappa shape index (κ1) is 47.3. The van der Waals surface area contributed by atoms with Gasteiger partial charge in [0.1, 0.15) is 25.4 Å². The molecule has 0 saturated carbocycles. The molecule has 0 spiro atoms. The highest BCUT2D eigenvalue weighted by Gasteiger charge is 2.56. The average molecular weight is 810 g/mol. The van der Waals surface area contributed by atoms with Crippen LogP contribution in [-0.2, 0) is 97.1 Å². The van der Waals surface area contributed by atoms with Crippen molar-refractivity contribution in [1.29, 1.82) is 0 Å². The monoisotopic (exact) mass is 809 g/mol. The predicted molar refractivity (Wildman–Crippen MR) is 189 cm³/mol. The zero-order chi connectivity index (χ0) is 43.0. The van der Waals surface area contributed by atoms with Gasteiger partial charge in [-0.05, 0) is 11.1 Å². The third kappa shape index (κ3) is 16.0. The van der Waals surface area contributed by atoms with E-state index >= 15 is 0 Å². The molecule has 57 heavy (non-hydrogen) atoms. The Balaban J connectivity index is 2.87. The summed E-state index contributed by atoms with van der Waals surface area (Å²) in [5.74, 6) is -8.85. The van der Waals surface area contributed by atoms with Crippen molar-refractivity contribution in [3.63, 3.8) is 0 Å². The minimum atomic E-state index is -2.11. The standard InChI is InChI=1S/C37H47NO19/c1-10-26-11-13-27(14-12-26)15-38-36(47)34(54-24(8)45)32(52-22(6)43)31(28(50-20(4)41)16-48-18(2)39)57-37-35(55-25(9)46)33(53-23(7)44)30(51-21(5)42)29(56-37)17-49-19(3)40/h10-14,28-35,37H,1,15-17H2,2-9H3,(H,38,47)/t28-,29-,30+,31-,32+,33+,34-,35-,37+/m1/s1. The summed E-state index contributed by atoms with van der Waals surface area (Å²) in [7, 11) is 0. The number of carbonyl (C=O) groups excluding carboxylic acids is 9. The van der Waals surface area contributed by atoms with E-state index in [0.29, 0.717) is 5.56 Å². The Morgan fingerprint density at radius 3 is 1.67 bits per heavy atom. The molecule has 314 valence electrons. The van der Waals surface area contributed by atoms with Crippen LogP contribution in [0.5, 0.6) is 0 Å². The predicted octanol–water partition coefficient (Wildman–Crippen LogP) is 0.772. The van der Waals surface area contributed by atoms with Crippen LogP contribution in [-0.4, -0.2) is 122 Å². The van der Waals surface area contributed by atoms with Crippen LogP contribution in [0.2, 0.25) is 0 Å². The van der Waals surface area contributed by atoms with Crippen LogP contribution in [0.1, 0.15) is 66.5 Å². The smallest absolute Gasteiger partial charge is 0.303 e. The quantitative estimate of drug-likeness (QED) is 0.149. The van der Waals surface area contributed by atoms with E-state index in [2.05, 4.69) is 11.9 Å². The highest BCUT2D eigenvalue weighted by atomic mass is 16.8. The number of rotatable bonds is 19. The van der Waals surface area contributed by atoms with Crippen LogP contribution in [0.15, 0.2) is 30.8 Å². The summed E-state index contributed by atoms with van der Waals surface area (Å²) in [4.78, 5) is 113. The molecular weight excluding hydrogens is 762 g/mol. The second kappa shape index (κ2) is 22.6. The van der Waals surface area contributed by atoms with Crippen molar-refractivity contribution in [3.8, 4) is 0 Å². The lowest BCUT2D eigenvalue weighted by Crippen LogP contribution is -2.65. The number of hydrogen-bond donors (Lipinski definition) is 1. The van der Waals surface area contributed by atoms with Crippen LogP contribution >= 0.6 is 0 Å². The highest BCUT2D eigenvalue weighted by molar-refractivity contribution is 5.84. The Morgan fingerprint density at radius 1 is 0.649 bits per heavy atom. The van der Waals surface area contributed by atoms with Crippen molar-refractivity contribution >= 4 is 59.7 Å². The van der Waals surface area contributed by atoms with Crippen LogP contribution in [0, 0.1) is 0 Å². The van der Waals surface area contributed by atoms with Crippen LogP contribution in [0.3, 0.4) is 0 Å². The van der Waals surface area contributed by atoms with Gasteiger partial charge in [-0.3, -0.25) is 43.2 Å². The Kier molecular flexibility index (Phi) is 18.7. The summed E-state index contributed by atoms with van der Waals surface area (Å²) in [6.45, 7) is 9.86. The first-order valence-corrected chi connectivity index (χ1v) is 17.3. The summed E-state index contributed by atoms with van der Waals surface area (Å²) < 4.78 is 55.2. The third-order valence-corrected chi connectivity index (χ3v) is 7.53. The van der Waals surface area contributed by atoms with Crippen molar-refractivity contribution in [1.82, 2.24) is 5.32 Å². The number of esters is 8. The van der Waals surface area contributed by atoms with Crippen molar-refractivity contribution in [3.05, 3.63) is 42.0 Å². The normalized spacial score (nSPS) is 20.7. The molecule has 1 saturated heterocycles. The Labute approximate surface area is 327 Å². The van der Waals surface area contributed by atoms with E-state index in [4.69, 9.17) is 47.4 Å². The van der Waals surface area contributed by atoms with E-state index in [-0.39, 0.29) is 6.54 Å². The maximum Gasteiger partial charge on any atom is 0.303 e. The molecule has 1 aliphatic heterocycles. The molecule has 2 rings (SSSR count). The molecule has 0 bridgehead atoms. The fraction of sp³-hybridized carbons (Fsp3) is 0.541. The van der Waals surface area contributed by atoms with Crippen molar-refractivity contribution in [2.24, 2.45) is 0 Å². The lowest BCUT2D eigenvalue weighted by molar-refractivity contribution is -0.331. The molecule has 1 aliphatic rings. The molecule has 20 heteroatoms. The van der Waals surface area contributed by atoms with Gasteiger partial charge in [-0.25, -0.2) is 0 Å². The fourth-order valence-electron chi connectivity index (χ4n) is 5.44. The number of carbonyl (C=O) groups is 9. The molecule has 0 radical (unpaired) electrons. The summed E-state index contributed by atoms with van der Waals surface area (Å²) in [6, 6.07) is 6.79. The van der Waals surface area contributed by atoms with Crippen molar-refractivity contribution < 1.29 is 90.5 Å². The summed E-state index contributed by atoms with van der Waals surface area (Å²) in [6.07, 6.45) is -15.3. The lowest BCUT2D eigenvalue weighted by Gasteiger charge is -2.46. The summed E-state index contributed by atoms with van der Waals surface area (Å²) in [5, 5.41) is 2.57. The van der Waals surface area contributed by atoms with Gasteiger partial charge in [0.25, 0.3) is 5.91 Å². The topological polar surface area (TPSA) is 258 Å². The first-order valence-electron chi connectivity index (χ1n) is 17.3. The molecule has 1 N–H and O–H groups in total. The molecule has 0 unspecified atom stereocenters. The molecule has 0 aliphatic carbocycles. The third-order valence-electron chi connectivity index (χ3n) is 7.53. The van der Waals surface area contributed by atoms with E-state index in [9.17, 15) is 43.2 Å². The minimum Gasteiger partial charge on any atom is -0.463 e. The molecule has 9 atom stereocenters. The zero-order valence-corrected chi connectivity index (χ0v) is 32.7. The largest absolute Gasteiger partial charge is 0.463 e. The molecule has 1 amide bonds. The van der Waals surface area contributed by atoms with Gasteiger partial charge in [0, 0.05) is 61.9 Å². The number of hydrogen-bond acceptors (Lipinski definition) is 19. The van der Waals surface area contributed by atoms with Gasteiger partial charge in [0.15, 0.2) is 36.8 Å². The maximum absolute atomic E-state index is 13.9. The van der Waals surface area contributed by atoms with Gasteiger partial charge < -0.3 is 52.7 Å². The Hall–Kier alpha value is -5.89. The zero-order valence-electron chi connectivity index (χ0n) is 32.7. The molecule has 1 heterocycles.